The fourth-order valence-corrected chi connectivity index (χ4v) is 1.93. The third-order valence-corrected chi connectivity index (χ3v) is 3.15. The maximum Gasteiger partial charge on any atom is 0.384 e. The highest BCUT2D eigenvalue weighted by molar-refractivity contribution is 6.22. The summed E-state index contributed by atoms with van der Waals surface area (Å²) in [5.74, 6) is 4.54. The summed E-state index contributed by atoms with van der Waals surface area (Å²) in [6, 6.07) is 0. The molecule has 0 N–H and O–H groups in total. The second kappa shape index (κ2) is 12.8. The SMILES string of the molecule is CCCCCCCCCCC(Cl)C#CC(=O)OC. The lowest BCUT2D eigenvalue weighted by Gasteiger charge is -2.02. The highest BCUT2D eigenvalue weighted by Crippen LogP contribution is 2.12. The molecule has 2 nitrogen and oxygen atoms in total. The number of esters is 1. The van der Waals surface area contributed by atoms with Crippen molar-refractivity contribution in [1.82, 2.24) is 0 Å². The Hall–Kier alpha value is -0.680. The van der Waals surface area contributed by atoms with E-state index in [1.807, 2.05) is 0 Å². The van der Waals surface area contributed by atoms with Gasteiger partial charge in [0.1, 0.15) is 0 Å². The Labute approximate surface area is 116 Å². The first-order valence-electron chi connectivity index (χ1n) is 6.94. The van der Waals surface area contributed by atoms with Crippen molar-refractivity contribution in [2.75, 3.05) is 7.11 Å². The molecule has 104 valence electrons. The highest BCUT2D eigenvalue weighted by Gasteiger charge is 2.00. The molecule has 1 atom stereocenters. The fourth-order valence-electron chi connectivity index (χ4n) is 1.72. The molecule has 0 radical (unpaired) electrons. The number of hydrogen-bond acceptors (Lipinski definition) is 2. The minimum absolute atomic E-state index is 0.232. The first-order valence-corrected chi connectivity index (χ1v) is 7.38. The summed E-state index contributed by atoms with van der Waals surface area (Å²) in [6.07, 6.45) is 11.1. The Morgan fingerprint density at radius 3 is 2.22 bits per heavy atom. The Balaban J connectivity index is 3.37. The smallest absolute Gasteiger partial charge is 0.384 e. The summed E-state index contributed by atoms with van der Waals surface area (Å²) >= 11 is 5.98. The average Bonchev–Trinajstić information content (AvgIpc) is 2.39. The van der Waals surface area contributed by atoms with Crippen LogP contribution in [0.15, 0.2) is 0 Å². The molecule has 0 saturated heterocycles. The second-order valence-electron chi connectivity index (χ2n) is 4.49. The first kappa shape index (κ1) is 17.3. The molecule has 0 rings (SSSR count). The van der Waals surface area contributed by atoms with Gasteiger partial charge in [0.2, 0.25) is 0 Å². The number of methoxy groups -OCH3 is 1. The van der Waals surface area contributed by atoms with E-state index in [1.54, 1.807) is 0 Å². The highest BCUT2D eigenvalue weighted by atomic mass is 35.5. The summed E-state index contributed by atoms with van der Waals surface area (Å²) in [4.78, 5) is 10.8. The maximum atomic E-state index is 10.8. The molecule has 0 fully saturated rings. The zero-order valence-electron chi connectivity index (χ0n) is 11.6. The zero-order valence-corrected chi connectivity index (χ0v) is 12.4. The van der Waals surface area contributed by atoms with E-state index in [0.717, 1.165) is 12.8 Å². The predicted molar refractivity (Wildman–Crippen MR) is 76.7 cm³/mol. The van der Waals surface area contributed by atoms with Gasteiger partial charge in [-0.3, -0.25) is 0 Å². The van der Waals surface area contributed by atoms with E-state index in [4.69, 9.17) is 11.6 Å². The van der Waals surface area contributed by atoms with Gasteiger partial charge < -0.3 is 4.74 Å². The van der Waals surface area contributed by atoms with Crippen LogP contribution in [-0.2, 0) is 9.53 Å². The van der Waals surface area contributed by atoms with Gasteiger partial charge in [-0.25, -0.2) is 4.79 Å². The number of carbonyl (C=O) groups excluding carboxylic acids is 1. The summed E-state index contributed by atoms with van der Waals surface area (Å²) in [5.41, 5.74) is 0. The molecule has 0 aromatic rings. The molecule has 0 aliphatic heterocycles. The van der Waals surface area contributed by atoms with E-state index in [1.165, 1.54) is 52.1 Å². The van der Waals surface area contributed by atoms with Crippen molar-refractivity contribution in [2.24, 2.45) is 0 Å². The lowest BCUT2D eigenvalue weighted by atomic mass is 10.1. The van der Waals surface area contributed by atoms with Crippen LogP contribution in [-0.4, -0.2) is 18.5 Å². The third-order valence-electron chi connectivity index (χ3n) is 2.83. The molecule has 0 saturated carbocycles. The Bertz CT molecular complexity index is 265. The quantitative estimate of drug-likeness (QED) is 0.206. The monoisotopic (exact) mass is 272 g/mol. The number of halogens is 1. The molecule has 0 aliphatic rings. The van der Waals surface area contributed by atoms with Crippen LogP contribution in [0.1, 0.15) is 64.7 Å². The lowest BCUT2D eigenvalue weighted by Crippen LogP contribution is -1.99. The number of unbranched alkanes of at least 4 members (excludes halogenated alkanes) is 7. The predicted octanol–water partition coefficient (Wildman–Crippen LogP) is 4.30. The van der Waals surface area contributed by atoms with Crippen LogP contribution in [0.5, 0.6) is 0 Å². The lowest BCUT2D eigenvalue weighted by molar-refractivity contribution is -0.133. The summed E-state index contributed by atoms with van der Waals surface area (Å²) in [6.45, 7) is 2.23. The third kappa shape index (κ3) is 11.8. The standard InChI is InChI=1S/C15H25ClO2/c1-3-4-5-6-7-8-9-10-11-14(16)12-13-15(17)18-2/h14H,3-11H2,1-2H3. The van der Waals surface area contributed by atoms with Gasteiger partial charge in [-0.05, 0) is 6.42 Å². The van der Waals surface area contributed by atoms with Crippen molar-refractivity contribution in [2.45, 2.75) is 70.1 Å². The van der Waals surface area contributed by atoms with Crippen LogP contribution in [0.4, 0.5) is 0 Å². The molecule has 0 aromatic carbocycles. The molecule has 0 bridgehead atoms. The Morgan fingerprint density at radius 1 is 1.11 bits per heavy atom. The van der Waals surface area contributed by atoms with Gasteiger partial charge in [-0.2, -0.15) is 0 Å². The van der Waals surface area contributed by atoms with Crippen molar-refractivity contribution < 1.29 is 9.53 Å². The van der Waals surface area contributed by atoms with Gasteiger partial charge >= 0.3 is 5.97 Å². The number of hydrogen-bond donors (Lipinski definition) is 0. The van der Waals surface area contributed by atoms with Gasteiger partial charge in [-0.1, -0.05) is 64.2 Å². The van der Waals surface area contributed by atoms with Crippen LogP contribution in [0.2, 0.25) is 0 Å². The van der Waals surface area contributed by atoms with Gasteiger partial charge in [0, 0.05) is 5.92 Å². The fraction of sp³-hybridized carbons (Fsp3) is 0.800. The van der Waals surface area contributed by atoms with E-state index in [-0.39, 0.29) is 5.38 Å². The van der Waals surface area contributed by atoms with Gasteiger partial charge in [0.05, 0.1) is 12.5 Å². The molecule has 3 heteroatoms. The number of rotatable bonds is 9. The van der Waals surface area contributed by atoms with E-state index in [9.17, 15) is 4.79 Å². The van der Waals surface area contributed by atoms with E-state index >= 15 is 0 Å². The van der Waals surface area contributed by atoms with Crippen molar-refractivity contribution >= 4 is 17.6 Å². The Morgan fingerprint density at radius 2 is 1.67 bits per heavy atom. The zero-order chi connectivity index (χ0) is 13.6. The van der Waals surface area contributed by atoms with Gasteiger partial charge in [-0.15, -0.1) is 11.6 Å². The molecule has 0 aliphatic carbocycles. The van der Waals surface area contributed by atoms with Crippen LogP contribution in [0, 0.1) is 11.8 Å². The van der Waals surface area contributed by atoms with Crippen LogP contribution in [0.3, 0.4) is 0 Å². The average molecular weight is 273 g/mol. The number of ether oxygens (including phenoxy) is 1. The van der Waals surface area contributed by atoms with E-state index in [0.29, 0.717) is 0 Å². The molecule has 1 unspecified atom stereocenters. The summed E-state index contributed by atoms with van der Waals surface area (Å²) < 4.78 is 4.42. The van der Waals surface area contributed by atoms with Gasteiger partial charge in [0.25, 0.3) is 0 Å². The van der Waals surface area contributed by atoms with Crippen LogP contribution < -0.4 is 0 Å². The molecule has 0 spiro atoms. The maximum absolute atomic E-state index is 10.8. The first-order chi connectivity index (χ1) is 8.70. The van der Waals surface area contributed by atoms with E-state index in [2.05, 4.69) is 23.5 Å². The summed E-state index contributed by atoms with van der Waals surface area (Å²) in [5, 5.41) is -0.232. The number of alkyl halides is 1. The van der Waals surface area contributed by atoms with Crippen LogP contribution in [0.25, 0.3) is 0 Å². The van der Waals surface area contributed by atoms with E-state index < -0.39 is 5.97 Å². The van der Waals surface area contributed by atoms with Crippen molar-refractivity contribution in [3.05, 3.63) is 0 Å². The van der Waals surface area contributed by atoms with Crippen molar-refractivity contribution in [3.8, 4) is 11.8 Å². The molecular formula is C15H25ClO2. The molecular weight excluding hydrogens is 248 g/mol. The molecule has 0 heterocycles. The summed E-state index contributed by atoms with van der Waals surface area (Å²) in [7, 11) is 1.32. The number of carbonyl (C=O) groups is 1. The molecule has 0 amide bonds. The minimum Gasteiger partial charge on any atom is -0.459 e. The Kier molecular flexibility index (Phi) is 12.3. The van der Waals surface area contributed by atoms with Gasteiger partial charge in [0.15, 0.2) is 0 Å². The van der Waals surface area contributed by atoms with Crippen molar-refractivity contribution in [3.63, 3.8) is 0 Å². The molecule has 18 heavy (non-hydrogen) atoms. The molecule has 0 aromatic heterocycles. The second-order valence-corrected chi connectivity index (χ2v) is 5.02. The normalized spacial score (nSPS) is 11.5. The van der Waals surface area contributed by atoms with Crippen molar-refractivity contribution in [1.29, 1.82) is 0 Å². The van der Waals surface area contributed by atoms with Crippen LogP contribution >= 0.6 is 11.6 Å². The minimum atomic E-state index is -0.517. The topological polar surface area (TPSA) is 26.3 Å². The largest absolute Gasteiger partial charge is 0.459 e.